The van der Waals surface area contributed by atoms with Crippen LogP contribution in [0.25, 0.3) is 0 Å². The zero-order valence-corrected chi connectivity index (χ0v) is 16.0. The highest BCUT2D eigenvalue weighted by molar-refractivity contribution is 5.97. The first-order valence-electron chi connectivity index (χ1n) is 8.65. The molecule has 8 heteroatoms. The molecule has 0 aliphatic heterocycles. The van der Waals surface area contributed by atoms with Crippen LogP contribution >= 0.6 is 0 Å². The standard InChI is InChI=1S/C19H24N4O4/c1-12-8-10-16(26-12)14(3)20-22-18(24)6-5-7-19(25)23-21-15(4)17-11-9-13(2)27-17/h8-11H,5-7H2,1-4H3,(H,22,24)(H,23,25)/b20-14+,21-15+. The SMILES string of the molecule is C/C(=N\NC(=O)CCCC(=O)N/N=C(\C)c1ccc(C)o1)c1ccc(C)o1. The average molecular weight is 372 g/mol. The van der Waals surface area contributed by atoms with Crippen LogP contribution in [-0.2, 0) is 9.59 Å². The average Bonchev–Trinajstić information content (AvgIpc) is 3.26. The molecule has 2 aromatic rings. The second kappa shape index (κ2) is 9.51. The molecule has 0 spiro atoms. The molecular formula is C19H24N4O4. The first kappa shape index (κ1) is 20.2. The lowest BCUT2D eigenvalue weighted by molar-refractivity contribution is -0.122. The Morgan fingerprint density at radius 2 is 1.22 bits per heavy atom. The fourth-order valence-corrected chi connectivity index (χ4v) is 2.18. The molecule has 8 nitrogen and oxygen atoms in total. The molecule has 2 rings (SSSR count). The summed E-state index contributed by atoms with van der Waals surface area (Å²) in [4.78, 5) is 23.6. The van der Waals surface area contributed by atoms with E-state index in [9.17, 15) is 9.59 Å². The third-order valence-electron chi connectivity index (χ3n) is 3.70. The van der Waals surface area contributed by atoms with Crippen molar-refractivity contribution in [2.45, 2.75) is 47.0 Å². The maximum absolute atomic E-state index is 11.8. The fraction of sp³-hybridized carbons (Fsp3) is 0.368. The van der Waals surface area contributed by atoms with E-state index in [1.54, 1.807) is 26.0 Å². The van der Waals surface area contributed by atoms with E-state index in [-0.39, 0.29) is 24.7 Å². The molecule has 0 atom stereocenters. The van der Waals surface area contributed by atoms with Crippen molar-refractivity contribution in [3.63, 3.8) is 0 Å². The van der Waals surface area contributed by atoms with Gasteiger partial charge in [0.1, 0.15) is 34.5 Å². The summed E-state index contributed by atoms with van der Waals surface area (Å²) in [7, 11) is 0. The van der Waals surface area contributed by atoms with E-state index in [0.717, 1.165) is 11.5 Å². The first-order valence-corrected chi connectivity index (χ1v) is 8.65. The van der Waals surface area contributed by atoms with Gasteiger partial charge in [-0.1, -0.05) is 0 Å². The van der Waals surface area contributed by atoms with Crippen LogP contribution in [-0.4, -0.2) is 23.2 Å². The number of furan rings is 2. The number of amides is 2. The second-order valence-electron chi connectivity index (χ2n) is 6.14. The maximum atomic E-state index is 11.8. The highest BCUT2D eigenvalue weighted by atomic mass is 16.3. The van der Waals surface area contributed by atoms with Crippen molar-refractivity contribution in [1.29, 1.82) is 0 Å². The summed E-state index contributed by atoms with van der Waals surface area (Å²) in [6, 6.07) is 7.23. The molecule has 0 saturated heterocycles. The number of carbonyl (C=O) groups is 2. The monoisotopic (exact) mass is 372 g/mol. The van der Waals surface area contributed by atoms with E-state index >= 15 is 0 Å². The predicted molar refractivity (Wildman–Crippen MR) is 101 cm³/mol. The Bertz CT molecular complexity index is 790. The van der Waals surface area contributed by atoms with Gasteiger partial charge in [0.2, 0.25) is 11.8 Å². The molecule has 0 unspecified atom stereocenters. The molecule has 2 aromatic heterocycles. The number of rotatable bonds is 8. The Hall–Kier alpha value is -3.16. The van der Waals surface area contributed by atoms with Crippen molar-refractivity contribution in [2.75, 3.05) is 0 Å². The van der Waals surface area contributed by atoms with E-state index in [1.165, 1.54) is 0 Å². The van der Waals surface area contributed by atoms with Gasteiger partial charge < -0.3 is 8.83 Å². The number of aryl methyl sites for hydroxylation is 2. The van der Waals surface area contributed by atoms with Gasteiger partial charge in [0.25, 0.3) is 0 Å². The molecule has 0 radical (unpaired) electrons. The fourth-order valence-electron chi connectivity index (χ4n) is 2.18. The molecule has 2 N–H and O–H groups in total. The molecule has 0 saturated carbocycles. The van der Waals surface area contributed by atoms with E-state index in [1.807, 2.05) is 26.0 Å². The topological polar surface area (TPSA) is 109 Å². The van der Waals surface area contributed by atoms with Gasteiger partial charge in [-0.25, -0.2) is 10.9 Å². The number of hydrazone groups is 2. The van der Waals surface area contributed by atoms with E-state index in [4.69, 9.17) is 8.83 Å². The number of nitrogens with zero attached hydrogens (tertiary/aromatic N) is 2. The summed E-state index contributed by atoms with van der Waals surface area (Å²) >= 11 is 0. The number of nitrogens with one attached hydrogen (secondary N) is 2. The normalized spacial score (nSPS) is 12.1. The Balaban J connectivity index is 1.69. The van der Waals surface area contributed by atoms with Crippen molar-refractivity contribution in [3.8, 4) is 0 Å². The van der Waals surface area contributed by atoms with Crippen LogP contribution in [0, 0.1) is 13.8 Å². The maximum Gasteiger partial charge on any atom is 0.240 e. The zero-order chi connectivity index (χ0) is 19.8. The zero-order valence-electron chi connectivity index (χ0n) is 16.0. The van der Waals surface area contributed by atoms with Crippen LogP contribution in [0.5, 0.6) is 0 Å². The molecule has 0 aromatic carbocycles. The van der Waals surface area contributed by atoms with Crippen molar-refractivity contribution >= 4 is 23.2 Å². The van der Waals surface area contributed by atoms with Crippen molar-refractivity contribution < 1.29 is 18.4 Å². The van der Waals surface area contributed by atoms with Crippen molar-refractivity contribution in [1.82, 2.24) is 10.9 Å². The molecule has 0 bridgehead atoms. The molecule has 0 aliphatic rings. The summed E-state index contributed by atoms with van der Waals surface area (Å²) in [5, 5.41) is 7.98. The van der Waals surface area contributed by atoms with E-state index < -0.39 is 0 Å². The van der Waals surface area contributed by atoms with Gasteiger partial charge in [0, 0.05) is 12.8 Å². The van der Waals surface area contributed by atoms with Crippen LogP contribution in [0.4, 0.5) is 0 Å². The molecule has 2 amide bonds. The Kier molecular flexibility index (Phi) is 7.10. The van der Waals surface area contributed by atoms with Gasteiger partial charge in [0.05, 0.1) is 0 Å². The Morgan fingerprint density at radius 1 is 0.815 bits per heavy atom. The lowest BCUT2D eigenvalue weighted by Crippen LogP contribution is -2.21. The largest absolute Gasteiger partial charge is 0.460 e. The summed E-state index contributed by atoms with van der Waals surface area (Å²) in [6.45, 7) is 7.16. The van der Waals surface area contributed by atoms with Gasteiger partial charge in [-0.05, 0) is 58.4 Å². The molecule has 144 valence electrons. The number of carbonyl (C=O) groups excluding carboxylic acids is 2. The van der Waals surface area contributed by atoms with Crippen LogP contribution < -0.4 is 10.9 Å². The molecule has 2 heterocycles. The number of hydrogen-bond acceptors (Lipinski definition) is 6. The van der Waals surface area contributed by atoms with Gasteiger partial charge in [-0.3, -0.25) is 9.59 Å². The Morgan fingerprint density at radius 3 is 1.56 bits per heavy atom. The highest BCUT2D eigenvalue weighted by Crippen LogP contribution is 2.08. The first-order chi connectivity index (χ1) is 12.8. The van der Waals surface area contributed by atoms with Crippen molar-refractivity contribution in [3.05, 3.63) is 47.3 Å². The van der Waals surface area contributed by atoms with Crippen molar-refractivity contribution in [2.24, 2.45) is 10.2 Å². The Labute approximate surface area is 157 Å². The predicted octanol–water partition coefficient (Wildman–Crippen LogP) is 3.04. The van der Waals surface area contributed by atoms with E-state index in [0.29, 0.717) is 29.4 Å². The van der Waals surface area contributed by atoms with Gasteiger partial charge in [-0.15, -0.1) is 0 Å². The van der Waals surface area contributed by atoms with Gasteiger partial charge >= 0.3 is 0 Å². The summed E-state index contributed by atoms with van der Waals surface area (Å²) < 4.78 is 10.8. The lowest BCUT2D eigenvalue weighted by atomic mass is 10.2. The third kappa shape index (κ3) is 6.58. The molecule has 27 heavy (non-hydrogen) atoms. The minimum absolute atomic E-state index is 0.182. The summed E-state index contributed by atoms with van der Waals surface area (Å²) in [6.07, 6.45) is 0.753. The lowest BCUT2D eigenvalue weighted by Gasteiger charge is -2.02. The van der Waals surface area contributed by atoms with Crippen LogP contribution in [0.15, 0.2) is 43.3 Å². The smallest absolute Gasteiger partial charge is 0.240 e. The minimum atomic E-state index is -0.267. The van der Waals surface area contributed by atoms with E-state index in [2.05, 4.69) is 21.1 Å². The van der Waals surface area contributed by atoms with Crippen LogP contribution in [0.1, 0.15) is 56.2 Å². The van der Waals surface area contributed by atoms with Crippen LogP contribution in [0.3, 0.4) is 0 Å². The molecule has 0 fully saturated rings. The third-order valence-corrected chi connectivity index (χ3v) is 3.70. The minimum Gasteiger partial charge on any atom is -0.460 e. The number of hydrogen-bond donors (Lipinski definition) is 2. The quantitative estimate of drug-likeness (QED) is 0.548. The summed E-state index contributed by atoms with van der Waals surface area (Å²) in [5.74, 6) is 2.22. The second-order valence-corrected chi connectivity index (χ2v) is 6.14. The van der Waals surface area contributed by atoms with Gasteiger partial charge in [0.15, 0.2) is 0 Å². The molecular weight excluding hydrogens is 348 g/mol. The van der Waals surface area contributed by atoms with Crippen LogP contribution in [0.2, 0.25) is 0 Å². The summed E-state index contributed by atoms with van der Waals surface area (Å²) in [5.41, 5.74) is 6.06. The highest BCUT2D eigenvalue weighted by Gasteiger charge is 2.07. The van der Waals surface area contributed by atoms with Gasteiger partial charge in [-0.2, -0.15) is 10.2 Å². The molecule has 0 aliphatic carbocycles.